The van der Waals surface area contributed by atoms with Crippen LogP contribution in [-0.2, 0) is 27.5 Å². The second-order valence-electron chi connectivity index (χ2n) is 38.6. The summed E-state index contributed by atoms with van der Waals surface area (Å²) in [6.45, 7) is 20.7. The van der Waals surface area contributed by atoms with Crippen LogP contribution in [0.2, 0.25) is 0 Å². The Labute approximate surface area is 635 Å². The molecule has 3 aromatic heterocycles. The van der Waals surface area contributed by atoms with Gasteiger partial charge in [0.25, 0.3) is 0 Å². The molecule has 4 N–H and O–H groups in total. The van der Waals surface area contributed by atoms with Gasteiger partial charge in [0.05, 0.1) is 27.6 Å². The third-order valence-corrected chi connectivity index (χ3v) is 33.8. The first-order valence-electron chi connectivity index (χ1n) is 40.4. The van der Waals surface area contributed by atoms with Gasteiger partial charge in [0.15, 0.2) is 63.0 Å². The van der Waals surface area contributed by atoms with Crippen molar-refractivity contribution in [3.05, 3.63) is 71.3 Å². The first-order valence-corrected chi connectivity index (χ1v) is 41.5. The van der Waals surface area contributed by atoms with E-state index in [2.05, 4.69) is 93.4 Å². The van der Waals surface area contributed by atoms with E-state index in [4.69, 9.17) is 0 Å². The Balaban J connectivity index is 0.000000126. The number of aromatic amines is 1. The van der Waals surface area contributed by atoms with Gasteiger partial charge in [0.2, 0.25) is 0 Å². The molecule has 3 heterocycles. The van der Waals surface area contributed by atoms with Crippen molar-refractivity contribution < 1.29 is 56.0 Å². The van der Waals surface area contributed by atoms with E-state index in [1.165, 1.54) is 91.9 Å². The lowest BCUT2D eigenvalue weighted by Gasteiger charge is -2.61. The predicted molar refractivity (Wildman–Crippen MR) is 402 cm³/mol. The van der Waals surface area contributed by atoms with Crippen molar-refractivity contribution in [1.29, 1.82) is 0 Å². The molecule has 18 rings (SSSR count). The second kappa shape index (κ2) is 28.5. The number of ketones is 3. The van der Waals surface area contributed by atoms with Crippen LogP contribution in [0.5, 0.6) is 0 Å². The van der Waals surface area contributed by atoms with Gasteiger partial charge in [-0.3, -0.25) is 14.4 Å². The third kappa shape index (κ3) is 13.4. The van der Waals surface area contributed by atoms with Crippen molar-refractivity contribution in [1.82, 2.24) is 45.4 Å². The molecule has 22 heteroatoms. The molecule has 0 bridgehead atoms. The van der Waals surface area contributed by atoms with Gasteiger partial charge in [-0.2, -0.15) is 25.3 Å². The van der Waals surface area contributed by atoms with Gasteiger partial charge in [-0.1, -0.05) is 70.1 Å². The molecule has 586 valence electrons. The summed E-state index contributed by atoms with van der Waals surface area (Å²) in [4.78, 5) is 40.9. The maximum Gasteiger partial charge on any atom is 0.188 e. The van der Waals surface area contributed by atoms with Crippen molar-refractivity contribution in [2.45, 2.75) is 273 Å². The molecular formula is C85H116BrF6N9O6. The average Bonchev–Trinajstić information content (AvgIpc) is 1.70. The van der Waals surface area contributed by atoms with Crippen molar-refractivity contribution in [3.8, 4) is 0 Å². The highest BCUT2D eigenvalue weighted by Gasteiger charge is 2.66. The summed E-state index contributed by atoms with van der Waals surface area (Å²) in [5.74, 6) is 3.14. The number of alkyl halides is 1. The summed E-state index contributed by atoms with van der Waals surface area (Å²) in [7, 11) is 0. The van der Waals surface area contributed by atoms with E-state index in [9.17, 15) is 56.0 Å². The van der Waals surface area contributed by atoms with Crippen LogP contribution in [0.15, 0.2) is 36.4 Å². The normalized spacial score (nSPS) is 42.1. The van der Waals surface area contributed by atoms with Crippen LogP contribution >= 0.6 is 15.9 Å². The highest BCUT2D eigenvalue weighted by molar-refractivity contribution is 9.09. The number of Topliss-reactive ketones (excluding diaryl/α,β-unsaturated/α-hetero) is 3. The van der Waals surface area contributed by atoms with Gasteiger partial charge in [-0.05, 0) is 334 Å². The lowest BCUT2D eigenvalue weighted by atomic mass is 9.44. The number of fused-ring (bicyclic) bond motifs is 18. The van der Waals surface area contributed by atoms with Crippen LogP contribution in [0.1, 0.15) is 243 Å². The molecule has 6 aromatic rings. The molecule has 0 amide bonds. The van der Waals surface area contributed by atoms with E-state index in [-0.39, 0.29) is 88.1 Å². The Kier molecular flexibility index (Phi) is 20.9. The van der Waals surface area contributed by atoms with Crippen LogP contribution in [0.4, 0.5) is 26.3 Å². The van der Waals surface area contributed by atoms with E-state index >= 15 is 0 Å². The predicted octanol–water partition coefficient (Wildman–Crippen LogP) is 18.6. The van der Waals surface area contributed by atoms with Crippen molar-refractivity contribution in [2.24, 2.45) is 121 Å². The number of hydrogen-bond donors (Lipinski definition) is 4. The molecule has 12 saturated carbocycles. The van der Waals surface area contributed by atoms with Crippen LogP contribution in [-0.4, -0.2) is 100 Å². The van der Waals surface area contributed by atoms with E-state index in [0.717, 1.165) is 145 Å². The minimum absolute atomic E-state index is 0. The summed E-state index contributed by atoms with van der Waals surface area (Å²) in [6.07, 6.45) is 29.7. The largest absolute Gasteiger partial charge is 0.390 e. The van der Waals surface area contributed by atoms with Crippen molar-refractivity contribution in [3.63, 3.8) is 0 Å². The molecule has 0 radical (unpaired) electrons. The summed E-state index contributed by atoms with van der Waals surface area (Å²) in [5.41, 5.74) is 0.381. The number of nitrogens with zero attached hydrogens (tertiary/aromatic N) is 8. The lowest BCUT2D eigenvalue weighted by Crippen LogP contribution is -2.55. The molecule has 107 heavy (non-hydrogen) atoms. The molecule has 12 fully saturated rings. The van der Waals surface area contributed by atoms with Crippen molar-refractivity contribution >= 4 is 66.4 Å². The first-order chi connectivity index (χ1) is 50.0. The zero-order valence-electron chi connectivity index (χ0n) is 63.6. The number of halogens is 7. The Morgan fingerprint density at radius 3 is 1.25 bits per heavy atom. The number of nitrogens with one attached hydrogen (secondary N) is 1. The summed E-state index contributed by atoms with van der Waals surface area (Å²) in [6, 6.07) is 7.33. The van der Waals surface area contributed by atoms with Gasteiger partial charge in [-0.15, -0.1) is 10.2 Å². The minimum atomic E-state index is -1.01. The Morgan fingerprint density at radius 2 is 0.813 bits per heavy atom. The second-order valence-corrected chi connectivity index (χ2v) is 39.2. The number of carbonyl (C=O) groups excluding carboxylic acids is 3. The number of rotatable bonds is 8. The van der Waals surface area contributed by atoms with Crippen LogP contribution < -0.4 is 0 Å². The quantitative estimate of drug-likeness (QED) is 0.0827. The smallest absolute Gasteiger partial charge is 0.188 e. The molecule has 15 nitrogen and oxygen atoms in total. The van der Waals surface area contributed by atoms with Gasteiger partial charge in [0.1, 0.15) is 29.9 Å². The number of benzene rings is 3. The SMILES string of the molecule is C.C[C@@]1(O)CC[C@@]2(C)[C@H](CC[C@@H]3[C@@H]2CC[C@]2(C)[C@@H](C(=O)CBr)CC[C@@H]32)C1.C[C@@]1(O)CC[C@@]2(C)[C@H](CC[C@@H]3[C@@H]2CC[C@]2(C)[C@@H](C(=O)Cn4nc5ccc(F)c(F)c5n4)CC[C@@H]32)C1.C[C@@]1(O)CC[C@@]2(C)[C@H](CC[C@@H]3[C@@H]2CC[C@]2(C)[C@@H](C(=O)Cn4nnc5c(F)c(F)ccc54)CC[C@@H]32)C1.Fc1ccc2n[nH]nc2c1F. The highest BCUT2D eigenvalue weighted by Crippen LogP contribution is 2.72. The standard InChI is InChI=1S/2C28H37F2N3O2.C22H35BrO2.C6H3F2N3.CH4/c1-26(35)12-13-27(2)16(14-26)4-5-17-18-6-7-20(28(18,3)11-10-19(17)27)23(34)15-33-22-9-8-21(29)24(30)25(22)31-32-33;1-26(35)12-13-27(2)16(14-26)4-5-17-18-6-7-20(28(18,3)11-10-19(17)27)23(34)15-33-31-22-9-8-21(29)24(30)25(22)32-33;1-20(25)10-11-21(2)14(12-20)4-5-15-16-6-7-18(19(24)13-23)22(16,3)9-8-17(15)21;7-3-1-2-4-6(5(3)8)10-11-9-4;/h2*8-9,16-20,35H,4-7,10-15H2,1-3H3;14-18,25H,4-13H2,1-3H3;1-2H,(H,9,10,11);1H4/t2*16-,17+,18+,19+,20-,26-,27+,28+;14-,15+,16+,17+,18-,20-,21+,22+;;/m111../s1. The molecule has 3 aromatic carbocycles. The maximum atomic E-state index is 14.1. The molecule has 0 unspecified atom stereocenters. The number of hydrogen-bond acceptors (Lipinski definition) is 12. The Bertz CT molecular complexity index is 4340. The van der Waals surface area contributed by atoms with Gasteiger partial charge < -0.3 is 15.3 Å². The Hall–Kier alpha value is -5.19. The molecule has 0 saturated heterocycles. The average molecular weight is 1550 g/mol. The van der Waals surface area contributed by atoms with E-state index in [1.54, 1.807) is 0 Å². The highest BCUT2D eigenvalue weighted by atomic mass is 79.9. The molecule has 24 atom stereocenters. The molecule has 12 aliphatic carbocycles. The van der Waals surface area contributed by atoms with Crippen molar-refractivity contribution in [2.75, 3.05) is 5.33 Å². The molecule has 0 spiro atoms. The van der Waals surface area contributed by atoms with Crippen LogP contribution in [0.25, 0.3) is 33.1 Å². The van der Waals surface area contributed by atoms with Gasteiger partial charge in [-0.25, -0.2) is 31.0 Å². The van der Waals surface area contributed by atoms with Crippen LogP contribution in [0, 0.1) is 156 Å². The summed E-state index contributed by atoms with van der Waals surface area (Å²) < 4.78 is 82.0. The first kappa shape index (κ1) is 78.5. The zero-order chi connectivity index (χ0) is 75.4. The molecule has 12 aliphatic rings. The fourth-order valence-electron chi connectivity index (χ4n) is 27.5. The van der Waals surface area contributed by atoms with E-state index in [1.807, 2.05) is 20.8 Å². The van der Waals surface area contributed by atoms with Gasteiger partial charge >= 0.3 is 0 Å². The van der Waals surface area contributed by atoms with Gasteiger partial charge in [0, 0.05) is 17.8 Å². The topological polar surface area (TPSA) is 215 Å². The molecular weight excluding hydrogens is 1440 g/mol. The lowest BCUT2D eigenvalue weighted by molar-refractivity contribution is -0.151. The number of H-pyrrole nitrogens is 1. The number of aliphatic hydroxyl groups is 3. The molecule has 0 aliphatic heterocycles. The Morgan fingerprint density at radius 1 is 0.430 bits per heavy atom. The van der Waals surface area contributed by atoms with Crippen LogP contribution in [0.3, 0.4) is 0 Å². The fourth-order valence-corrected chi connectivity index (χ4v) is 27.9. The zero-order valence-corrected chi connectivity index (χ0v) is 65.2. The third-order valence-electron chi connectivity index (χ3n) is 33.2. The minimum Gasteiger partial charge on any atom is -0.390 e. The summed E-state index contributed by atoms with van der Waals surface area (Å²) >= 11 is 3.43. The monoisotopic (exact) mass is 1550 g/mol. The van der Waals surface area contributed by atoms with E-state index < -0.39 is 51.7 Å². The number of aromatic nitrogens is 9. The summed E-state index contributed by atoms with van der Waals surface area (Å²) in [5, 5.41) is 57.9. The maximum absolute atomic E-state index is 14.1. The van der Waals surface area contributed by atoms with E-state index in [0.29, 0.717) is 91.7 Å². The fraction of sp³-hybridized carbons (Fsp3) is 0.753. The number of carbonyl (C=O) groups is 3.